The Morgan fingerprint density at radius 1 is 1.28 bits per heavy atom. The lowest BCUT2D eigenvalue weighted by molar-refractivity contribution is -0.132. The number of fused-ring (bicyclic) bond motifs is 4. The molecule has 0 aliphatic carbocycles. The van der Waals surface area contributed by atoms with Crippen LogP contribution >= 0.6 is 11.8 Å². The third-order valence-corrected chi connectivity index (χ3v) is 5.60. The highest BCUT2D eigenvalue weighted by Crippen LogP contribution is 2.30. The van der Waals surface area contributed by atoms with Crippen molar-refractivity contribution in [3.05, 3.63) is 24.3 Å². The second kappa shape index (κ2) is 6.99. The van der Waals surface area contributed by atoms with E-state index in [2.05, 4.69) is 30.0 Å². The third kappa shape index (κ3) is 3.60. The van der Waals surface area contributed by atoms with Crippen LogP contribution in [0.4, 0.5) is 5.95 Å². The molecule has 5 rings (SSSR count). The van der Waals surface area contributed by atoms with Gasteiger partial charge in [-0.05, 0) is 31.7 Å². The summed E-state index contributed by atoms with van der Waals surface area (Å²) in [7, 11) is 0. The average molecular weight is 359 g/mol. The first-order valence-electron chi connectivity index (χ1n) is 8.52. The SMILES string of the molecule is Cc1nc(SCC(=O)N2C[C@H]3CC[C@@H]2CN(c2ncccn2)C3)n[nH]1. The van der Waals surface area contributed by atoms with E-state index in [1.807, 2.05) is 17.9 Å². The summed E-state index contributed by atoms with van der Waals surface area (Å²) in [4.78, 5) is 30.0. The summed E-state index contributed by atoms with van der Waals surface area (Å²) < 4.78 is 0. The van der Waals surface area contributed by atoms with Crippen LogP contribution < -0.4 is 4.90 Å². The first kappa shape index (κ1) is 16.3. The predicted molar refractivity (Wildman–Crippen MR) is 94.3 cm³/mol. The molecule has 0 saturated carbocycles. The Kier molecular flexibility index (Phi) is 4.56. The molecule has 2 atom stereocenters. The molecule has 2 bridgehead atoms. The number of piperidine rings is 1. The van der Waals surface area contributed by atoms with Crippen molar-refractivity contribution in [1.29, 1.82) is 0 Å². The van der Waals surface area contributed by atoms with Gasteiger partial charge in [0.25, 0.3) is 0 Å². The van der Waals surface area contributed by atoms with Crippen molar-refractivity contribution >= 4 is 23.6 Å². The van der Waals surface area contributed by atoms with Crippen molar-refractivity contribution in [2.24, 2.45) is 5.92 Å². The highest BCUT2D eigenvalue weighted by molar-refractivity contribution is 7.99. The van der Waals surface area contributed by atoms with Gasteiger partial charge in [-0.3, -0.25) is 9.89 Å². The number of nitrogens with one attached hydrogen (secondary N) is 1. The highest BCUT2D eigenvalue weighted by Gasteiger charge is 2.37. The van der Waals surface area contributed by atoms with Gasteiger partial charge in [-0.15, -0.1) is 5.10 Å². The van der Waals surface area contributed by atoms with Crippen molar-refractivity contribution in [1.82, 2.24) is 30.0 Å². The van der Waals surface area contributed by atoms with Gasteiger partial charge >= 0.3 is 0 Å². The predicted octanol–water partition coefficient (Wildman–Crippen LogP) is 1.12. The molecular weight excluding hydrogens is 338 g/mol. The van der Waals surface area contributed by atoms with Gasteiger partial charge in [0.15, 0.2) is 0 Å². The maximum absolute atomic E-state index is 12.8. The van der Waals surface area contributed by atoms with Crippen molar-refractivity contribution in [2.45, 2.75) is 31.0 Å². The molecule has 3 aliphatic heterocycles. The smallest absolute Gasteiger partial charge is 0.233 e. The van der Waals surface area contributed by atoms with Crippen LogP contribution in [0, 0.1) is 12.8 Å². The number of anilines is 1. The molecule has 1 amide bonds. The molecule has 0 spiro atoms. The van der Waals surface area contributed by atoms with E-state index >= 15 is 0 Å². The number of H-pyrrole nitrogens is 1. The fraction of sp³-hybridized carbons (Fsp3) is 0.562. The molecule has 132 valence electrons. The lowest BCUT2D eigenvalue weighted by Gasteiger charge is -2.36. The normalized spacial score (nSPS) is 22.9. The third-order valence-electron chi connectivity index (χ3n) is 4.77. The van der Waals surface area contributed by atoms with Crippen molar-refractivity contribution in [2.75, 3.05) is 30.3 Å². The second-order valence-electron chi connectivity index (χ2n) is 6.59. The second-order valence-corrected chi connectivity index (χ2v) is 7.53. The molecule has 0 radical (unpaired) electrons. The van der Waals surface area contributed by atoms with Crippen LogP contribution in [0.1, 0.15) is 18.7 Å². The van der Waals surface area contributed by atoms with Crippen LogP contribution in [-0.4, -0.2) is 67.4 Å². The van der Waals surface area contributed by atoms with E-state index in [0.717, 1.165) is 44.2 Å². The maximum atomic E-state index is 12.8. The van der Waals surface area contributed by atoms with E-state index in [0.29, 0.717) is 16.8 Å². The monoisotopic (exact) mass is 359 g/mol. The molecule has 0 aromatic carbocycles. The molecule has 8 nitrogen and oxygen atoms in total. The largest absolute Gasteiger partial charge is 0.338 e. The Bertz CT molecular complexity index is 737. The lowest BCUT2D eigenvalue weighted by atomic mass is 9.95. The number of amides is 1. The number of aromatic nitrogens is 5. The van der Waals surface area contributed by atoms with Crippen molar-refractivity contribution in [3.63, 3.8) is 0 Å². The van der Waals surface area contributed by atoms with Crippen molar-refractivity contribution in [3.8, 4) is 0 Å². The highest BCUT2D eigenvalue weighted by atomic mass is 32.2. The Morgan fingerprint density at radius 2 is 2.12 bits per heavy atom. The molecule has 2 aromatic heterocycles. The summed E-state index contributed by atoms with van der Waals surface area (Å²) in [5.41, 5.74) is 0. The fourth-order valence-corrected chi connectivity index (χ4v) is 4.33. The quantitative estimate of drug-likeness (QED) is 0.818. The summed E-state index contributed by atoms with van der Waals surface area (Å²) in [6.07, 6.45) is 5.75. The number of hydrogen-bond acceptors (Lipinski definition) is 7. The molecule has 25 heavy (non-hydrogen) atoms. The topological polar surface area (TPSA) is 90.9 Å². The first-order chi connectivity index (χ1) is 12.2. The molecule has 3 saturated heterocycles. The van der Waals surface area contributed by atoms with E-state index in [1.54, 1.807) is 12.4 Å². The standard InChI is InChI=1S/C16H21N7OS/c1-11-19-16(21-20-11)25-10-14(24)23-8-12-3-4-13(23)9-22(7-12)15-17-5-2-6-18-15/h2,5-6,12-13H,3-4,7-10H2,1H3,(H,19,20,21)/t12-,13+/m0/s1. The summed E-state index contributed by atoms with van der Waals surface area (Å²) in [5, 5.41) is 7.52. The Morgan fingerprint density at radius 3 is 2.88 bits per heavy atom. The molecule has 3 fully saturated rings. The van der Waals surface area contributed by atoms with Gasteiger partial charge < -0.3 is 9.80 Å². The molecular formula is C16H21N7OS. The summed E-state index contributed by atoms with van der Waals surface area (Å²) in [6, 6.07) is 2.05. The zero-order valence-corrected chi connectivity index (χ0v) is 14.9. The van der Waals surface area contributed by atoms with Gasteiger partial charge in [0, 0.05) is 38.1 Å². The number of aromatic amines is 1. The van der Waals surface area contributed by atoms with Gasteiger partial charge in [-0.1, -0.05) is 11.8 Å². The maximum Gasteiger partial charge on any atom is 0.233 e. The van der Waals surface area contributed by atoms with Crippen LogP contribution in [0.15, 0.2) is 23.6 Å². The Hall–Kier alpha value is -2.16. The van der Waals surface area contributed by atoms with Crippen LogP contribution in [-0.2, 0) is 4.79 Å². The van der Waals surface area contributed by atoms with Crippen LogP contribution in [0.5, 0.6) is 0 Å². The Balaban J connectivity index is 1.42. The van der Waals surface area contributed by atoms with E-state index in [9.17, 15) is 4.79 Å². The minimum atomic E-state index is 0.165. The molecule has 1 N–H and O–H groups in total. The molecule has 9 heteroatoms. The Labute approximate surface area is 150 Å². The molecule has 5 heterocycles. The van der Waals surface area contributed by atoms with Gasteiger partial charge in [0.1, 0.15) is 5.82 Å². The zero-order valence-electron chi connectivity index (χ0n) is 14.1. The number of nitrogens with zero attached hydrogens (tertiary/aromatic N) is 6. The van der Waals surface area contributed by atoms with Crippen LogP contribution in [0.2, 0.25) is 0 Å². The van der Waals surface area contributed by atoms with Gasteiger partial charge in [0.05, 0.1) is 5.75 Å². The number of hydrogen-bond donors (Lipinski definition) is 1. The summed E-state index contributed by atoms with van der Waals surface area (Å²) in [6.45, 7) is 4.39. The van der Waals surface area contributed by atoms with Gasteiger partial charge in [-0.25, -0.2) is 15.0 Å². The number of rotatable bonds is 4. The number of carbonyl (C=O) groups is 1. The van der Waals surface area contributed by atoms with E-state index in [1.165, 1.54) is 11.8 Å². The number of carbonyl (C=O) groups excluding carboxylic acids is 1. The molecule has 2 aromatic rings. The van der Waals surface area contributed by atoms with Crippen molar-refractivity contribution < 1.29 is 4.79 Å². The van der Waals surface area contributed by atoms with Gasteiger partial charge in [-0.2, -0.15) is 0 Å². The number of thioether (sulfide) groups is 1. The lowest BCUT2D eigenvalue weighted by Crippen LogP contribution is -2.48. The molecule has 0 unspecified atom stereocenters. The summed E-state index contributed by atoms with van der Waals surface area (Å²) >= 11 is 1.39. The van der Waals surface area contributed by atoms with Gasteiger partial charge in [0.2, 0.25) is 17.0 Å². The first-order valence-corrected chi connectivity index (χ1v) is 9.51. The average Bonchev–Trinajstić information content (AvgIpc) is 2.85. The summed E-state index contributed by atoms with van der Waals surface area (Å²) in [5.74, 6) is 2.55. The zero-order chi connectivity index (χ0) is 17.2. The van der Waals surface area contributed by atoms with E-state index in [4.69, 9.17) is 0 Å². The van der Waals surface area contributed by atoms with Crippen LogP contribution in [0.3, 0.4) is 0 Å². The fourth-order valence-electron chi connectivity index (χ4n) is 3.60. The molecule has 3 aliphatic rings. The van der Waals surface area contributed by atoms with E-state index < -0.39 is 0 Å². The minimum absolute atomic E-state index is 0.165. The minimum Gasteiger partial charge on any atom is -0.338 e. The van der Waals surface area contributed by atoms with Crippen LogP contribution in [0.25, 0.3) is 0 Å². The number of aryl methyl sites for hydroxylation is 1. The van der Waals surface area contributed by atoms with E-state index in [-0.39, 0.29) is 11.9 Å².